The van der Waals surface area contributed by atoms with E-state index in [1.54, 1.807) is 31.4 Å². The number of nitrogens with zero attached hydrogens (tertiary/aromatic N) is 3. The van der Waals surface area contributed by atoms with Crippen molar-refractivity contribution in [1.82, 2.24) is 19.9 Å². The Balaban J connectivity index is 1.61. The van der Waals surface area contributed by atoms with Gasteiger partial charge in [0.2, 0.25) is 0 Å². The fraction of sp³-hybridized carbons (Fsp3) is 0.188. The number of pyridine rings is 1. The van der Waals surface area contributed by atoms with Crippen LogP contribution >= 0.6 is 0 Å². The standard InChI is InChI=1S/C16H16N4O2/c1-22-13-6-4-5-12(11-13)16(21)17-9-8-15-19-18-14-7-2-3-10-20(14)15/h2-7,10-11H,8-9H2,1H3,(H,17,21). The summed E-state index contributed by atoms with van der Waals surface area (Å²) in [6, 6.07) is 12.8. The predicted octanol–water partition coefficient (Wildman–Crippen LogP) is 1.71. The topological polar surface area (TPSA) is 68.5 Å². The van der Waals surface area contributed by atoms with E-state index >= 15 is 0 Å². The van der Waals surface area contributed by atoms with Crippen molar-refractivity contribution >= 4 is 11.6 Å². The molecular weight excluding hydrogens is 280 g/mol. The van der Waals surface area contributed by atoms with E-state index in [1.807, 2.05) is 28.8 Å². The number of benzene rings is 1. The molecule has 2 aromatic heterocycles. The van der Waals surface area contributed by atoms with Crippen LogP contribution in [0.4, 0.5) is 0 Å². The van der Waals surface area contributed by atoms with Gasteiger partial charge in [0, 0.05) is 24.7 Å². The lowest BCUT2D eigenvalue weighted by atomic mass is 10.2. The molecule has 0 spiro atoms. The van der Waals surface area contributed by atoms with Crippen LogP contribution in [0.5, 0.6) is 5.75 Å². The van der Waals surface area contributed by atoms with Gasteiger partial charge in [-0.05, 0) is 30.3 Å². The van der Waals surface area contributed by atoms with E-state index in [0.29, 0.717) is 24.3 Å². The minimum absolute atomic E-state index is 0.132. The molecule has 0 bridgehead atoms. The average Bonchev–Trinajstić information content (AvgIpc) is 2.98. The quantitative estimate of drug-likeness (QED) is 0.778. The maximum Gasteiger partial charge on any atom is 0.251 e. The van der Waals surface area contributed by atoms with Crippen molar-refractivity contribution in [2.24, 2.45) is 0 Å². The molecule has 1 N–H and O–H groups in total. The number of ether oxygens (including phenoxy) is 1. The number of hydrogen-bond donors (Lipinski definition) is 1. The third kappa shape index (κ3) is 2.90. The fourth-order valence-electron chi connectivity index (χ4n) is 2.22. The first-order valence-corrected chi connectivity index (χ1v) is 6.99. The number of nitrogens with one attached hydrogen (secondary N) is 1. The zero-order valence-electron chi connectivity index (χ0n) is 12.2. The molecule has 0 aliphatic heterocycles. The summed E-state index contributed by atoms with van der Waals surface area (Å²) in [5.74, 6) is 1.35. The molecule has 6 nitrogen and oxygen atoms in total. The van der Waals surface area contributed by atoms with Gasteiger partial charge in [-0.1, -0.05) is 12.1 Å². The van der Waals surface area contributed by atoms with Gasteiger partial charge in [-0.2, -0.15) is 0 Å². The summed E-state index contributed by atoms with van der Waals surface area (Å²) >= 11 is 0. The Morgan fingerprint density at radius 1 is 1.23 bits per heavy atom. The molecule has 0 radical (unpaired) electrons. The smallest absolute Gasteiger partial charge is 0.251 e. The highest BCUT2D eigenvalue weighted by Gasteiger charge is 2.08. The summed E-state index contributed by atoms with van der Waals surface area (Å²) in [6.07, 6.45) is 2.52. The van der Waals surface area contributed by atoms with Crippen LogP contribution in [-0.4, -0.2) is 34.2 Å². The van der Waals surface area contributed by atoms with Crippen LogP contribution in [0.3, 0.4) is 0 Å². The Morgan fingerprint density at radius 3 is 3.00 bits per heavy atom. The minimum Gasteiger partial charge on any atom is -0.497 e. The zero-order valence-corrected chi connectivity index (χ0v) is 12.2. The van der Waals surface area contributed by atoms with Gasteiger partial charge in [-0.15, -0.1) is 10.2 Å². The first-order valence-electron chi connectivity index (χ1n) is 6.99. The van der Waals surface area contributed by atoms with Gasteiger partial charge >= 0.3 is 0 Å². The number of amides is 1. The highest BCUT2D eigenvalue weighted by Crippen LogP contribution is 2.12. The van der Waals surface area contributed by atoms with Crippen molar-refractivity contribution in [2.45, 2.75) is 6.42 Å². The summed E-state index contributed by atoms with van der Waals surface area (Å²) in [7, 11) is 1.58. The molecule has 1 aromatic carbocycles. The van der Waals surface area contributed by atoms with Gasteiger partial charge in [0.15, 0.2) is 5.65 Å². The molecule has 2 heterocycles. The Hall–Kier alpha value is -2.89. The van der Waals surface area contributed by atoms with E-state index in [2.05, 4.69) is 15.5 Å². The molecule has 0 unspecified atom stereocenters. The molecular formula is C16H16N4O2. The Bertz CT molecular complexity index is 797. The SMILES string of the molecule is COc1cccc(C(=O)NCCc2nnc3ccccn23)c1. The molecule has 0 aliphatic rings. The van der Waals surface area contributed by atoms with Gasteiger partial charge in [0.1, 0.15) is 11.6 Å². The normalized spacial score (nSPS) is 10.6. The van der Waals surface area contributed by atoms with E-state index in [1.165, 1.54) is 0 Å². The maximum atomic E-state index is 12.1. The minimum atomic E-state index is -0.132. The van der Waals surface area contributed by atoms with Crippen LogP contribution in [-0.2, 0) is 6.42 Å². The van der Waals surface area contributed by atoms with E-state index in [9.17, 15) is 4.79 Å². The first kappa shape index (κ1) is 14.1. The number of hydrogen-bond acceptors (Lipinski definition) is 4. The van der Waals surface area contributed by atoms with E-state index in [4.69, 9.17) is 4.74 Å². The number of rotatable bonds is 5. The number of carbonyl (C=O) groups is 1. The highest BCUT2D eigenvalue weighted by molar-refractivity contribution is 5.94. The lowest BCUT2D eigenvalue weighted by Crippen LogP contribution is -2.26. The zero-order chi connectivity index (χ0) is 15.4. The van der Waals surface area contributed by atoms with Crippen molar-refractivity contribution in [3.8, 4) is 5.75 Å². The number of aromatic nitrogens is 3. The number of carbonyl (C=O) groups excluding carboxylic acids is 1. The molecule has 0 saturated carbocycles. The van der Waals surface area contributed by atoms with Crippen molar-refractivity contribution < 1.29 is 9.53 Å². The fourth-order valence-corrected chi connectivity index (χ4v) is 2.22. The van der Waals surface area contributed by atoms with Crippen LogP contribution in [0.15, 0.2) is 48.7 Å². The largest absolute Gasteiger partial charge is 0.497 e. The van der Waals surface area contributed by atoms with E-state index in [-0.39, 0.29) is 5.91 Å². The number of methoxy groups -OCH3 is 1. The van der Waals surface area contributed by atoms with Crippen molar-refractivity contribution in [3.05, 3.63) is 60.0 Å². The molecule has 0 fully saturated rings. The molecule has 0 saturated heterocycles. The van der Waals surface area contributed by atoms with Gasteiger partial charge in [0.25, 0.3) is 5.91 Å². The molecule has 112 valence electrons. The van der Waals surface area contributed by atoms with Gasteiger partial charge in [0.05, 0.1) is 7.11 Å². The second-order valence-electron chi connectivity index (χ2n) is 4.78. The van der Waals surface area contributed by atoms with Crippen LogP contribution in [0.25, 0.3) is 5.65 Å². The predicted molar refractivity (Wildman–Crippen MR) is 82.0 cm³/mol. The third-order valence-electron chi connectivity index (χ3n) is 3.35. The lowest BCUT2D eigenvalue weighted by molar-refractivity contribution is 0.0953. The summed E-state index contributed by atoms with van der Waals surface area (Å²) in [5, 5.41) is 11.1. The Labute approximate surface area is 127 Å². The number of fused-ring (bicyclic) bond motifs is 1. The summed E-state index contributed by atoms with van der Waals surface area (Å²) in [4.78, 5) is 12.1. The Kier molecular flexibility index (Phi) is 4.00. The van der Waals surface area contributed by atoms with E-state index in [0.717, 1.165) is 11.5 Å². The second-order valence-corrected chi connectivity index (χ2v) is 4.78. The Morgan fingerprint density at radius 2 is 2.14 bits per heavy atom. The van der Waals surface area contributed by atoms with Crippen LogP contribution in [0, 0.1) is 0 Å². The third-order valence-corrected chi connectivity index (χ3v) is 3.35. The highest BCUT2D eigenvalue weighted by atomic mass is 16.5. The van der Waals surface area contributed by atoms with Crippen molar-refractivity contribution in [2.75, 3.05) is 13.7 Å². The molecule has 0 aliphatic carbocycles. The molecule has 3 rings (SSSR count). The molecule has 22 heavy (non-hydrogen) atoms. The average molecular weight is 296 g/mol. The summed E-state index contributed by atoms with van der Waals surface area (Å²) in [5.41, 5.74) is 1.38. The summed E-state index contributed by atoms with van der Waals surface area (Å²) < 4.78 is 7.03. The van der Waals surface area contributed by atoms with Crippen LogP contribution in [0.1, 0.15) is 16.2 Å². The van der Waals surface area contributed by atoms with Crippen molar-refractivity contribution in [3.63, 3.8) is 0 Å². The summed E-state index contributed by atoms with van der Waals surface area (Å²) in [6.45, 7) is 0.492. The monoisotopic (exact) mass is 296 g/mol. The van der Waals surface area contributed by atoms with Crippen LogP contribution in [0.2, 0.25) is 0 Å². The van der Waals surface area contributed by atoms with Crippen molar-refractivity contribution in [1.29, 1.82) is 0 Å². The van der Waals surface area contributed by atoms with E-state index < -0.39 is 0 Å². The van der Waals surface area contributed by atoms with Gasteiger partial charge in [-0.25, -0.2) is 0 Å². The molecule has 3 aromatic rings. The first-order chi connectivity index (χ1) is 10.8. The maximum absolute atomic E-state index is 12.1. The lowest BCUT2D eigenvalue weighted by Gasteiger charge is -2.06. The van der Waals surface area contributed by atoms with Gasteiger partial charge < -0.3 is 10.1 Å². The second kappa shape index (κ2) is 6.26. The molecule has 1 amide bonds. The molecule has 6 heteroatoms. The molecule has 0 atom stereocenters. The van der Waals surface area contributed by atoms with Crippen LogP contribution < -0.4 is 10.1 Å². The van der Waals surface area contributed by atoms with Gasteiger partial charge in [-0.3, -0.25) is 9.20 Å².